The van der Waals surface area contributed by atoms with Crippen molar-refractivity contribution in [1.29, 1.82) is 0 Å². The summed E-state index contributed by atoms with van der Waals surface area (Å²) in [4.78, 5) is 0. The number of nitrogens with one attached hydrogen (secondary N) is 1. The third kappa shape index (κ3) is 2.70. The van der Waals surface area contributed by atoms with Crippen molar-refractivity contribution in [3.63, 3.8) is 0 Å². The Labute approximate surface area is 77.4 Å². The summed E-state index contributed by atoms with van der Waals surface area (Å²) in [7, 11) is 0. The predicted octanol–water partition coefficient (Wildman–Crippen LogP) is 2.01. The molecule has 0 fully saturated rings. The average molecular weight is 183 g/mol. The first-order valence-electron chi connectivity index (χ1n) is 4.19. The zero-order valence-corrected chi connectivity index (χ0v) is 7.84. The summed E-state index contributed by atoms with van der Waals surface area (Å²) in [6, 6.07) is 6.41. The third-order valence-electron chi connectivity index (χ3n) is 1.74. The molecule has 2 nitrogen and oxygen atoms in total. The molecule has 0 amide bonds. The van der Waals surface area contributed by atoms with E-state index in [0.717, 1.165) is 0 Å². The average Bonchev–Trinajstić information content (AvgIpc) is 2.09. The van der Waals surface area contributed by atoms with E-state index in [2.05, 4.69) is 5.32 Å². The molecule has 0 bridgehead atoms. The smallest absolute Gasteiger partial charge is 0.146 e. The monoisotopic (exact) mass is 183 g/mol. The van der Waals surface area contributed by atoms with Gasteiger partial charge in [-0.05, 0) is 26.0 Å². The van der Waals surface area contributed by atoms with Crippen LogP contribution in [0.5, 0.6) is 0 Å². The summed E-state index contributed by atoms with van der Waals surface area (Å²) in [6.45, 7) is 3.57. The van der Waals surface area contributed by atoms with Gasteiger partial charge in [0.05, 0.1) is 17.8 Å². The van der Waals surface area contributed by atoms with E-state index in [1.54, 1.807) is 32.0 Å². The maximum atomic E-state index is 13.1. The SMILES string of the molecule is CC(C)(CO)Nc1ccccc1F. The number of hydrogen-bond donors (Lipinski definition) is 2. The highest BCUT2D eigenvalue weighted by Gasteiger charge is 2.16. The van der Waals surface area contributed by atoms with Gasteiger partial charge in [0.25, 0.3) is 0 Å². The molecule has 0 aromatic heterocycles. The lowest BCUT2D eigenvalue weighted by atomic mass is 10.1. The van der Waals surface area contributed by atoms with Crippen molar-refractivity contribution in [3.05, 3.63) is 30.1 Å². The topological polar surface area (TPSA) is 32.3 Å². The van der Waals surface area contributed by atoms with Gasteiger partial charge in [-0.15, -0.1) is 0 Å². The molecule has 0 unspecified atom stereocenters. The maximum absolute atomic E-state index is 13.1. The van der Waals surface area contributed by atoms with Gasteiger partial charge in [0.2, 0.25) is 0 Å². The van der Waals surface area contributed by atoms with Crippen molar-refractivity contribution < 1.29 is 9.50 Å². The Morgan fingerprint density at radius 2 is 2.00 bits per heavy atom. The van der Waals surface area contributed by atoms with Crippen LogP contribution in [0.2, 0.25) is 0 Å². The van der Waals surface area contributed by atoms with Gasteiger partial charge in [-0.25, -0.2) is 4.39 Å². The van der Waals surface area contributed by atoms with Crippen molar-refractivity contribution in [2.45, 2.75) is 19.4 Å². The van der Waals surface area contributed by atoms with Gasteiger partial charge < -0.3 is 10.4 Å². The number of benzene rings is 1. The second-order valence-corrected chi connectivity index (χ2v) is 3.65. The quantitative estimate of drug-likeness (QED) is 0.751. The molecule has 1 aromatic carbocycles. The fraction of sp³-hybridized carbons (Fsp3) is 0.400. The molecule has 0 atom stereocenters. The van der Waals surface area contributed by atoms with Crippen molar-refractivity contribution >= 4 is 5.69 Å². The molecule has 0 saturated carbocycles. The van der Waals surface area contributed by atoms with Crippen LogP contribution in [0.4, 0.5) is 10.1 Å². The molecule has 3 heteroatoms. The molecule has 0 aliphatic rings. The molecule has 0 aliphatic heterocycles. The summed E-state index contributed by atoms with van der Waals surface area (Å²) >= 11 is 0. The zero-order valence-electron chi connectivity index (χ0n) is 7.84. The van der Waals surface area contributed by atoms with Gasteiger partial charge in [-0.2, -0.15) is 0 Å². The van der Waals surface area contributed by atoms with Crippen LogP contribution in [0.3, 0.4) is 0 Å². The minimum Gasteiger partial charge on any atom is -0.394 e. The molecule has 1 rings (SSSR count). The molecule has 72 valence electrons. The highest BCUT2D eigenvalue weighted by molar-refractivity contribution is 5.46. The molecule has 0 radical (unpaired) electrons. The Morgan fingerprint density at radius 3 is 2.54 bits per heavy atom. The molecular weight excluding hydrogens is 169 g/mol. The summed E-state index contributed by atoms with van der Waals surface area (Å²) < 4.78 is 13.1. The van der Waals surface area contributed by atoms with Gasteiger partial charge in [-0.3, -0.25) is 0 Å². The first kappa shape index (κ1) is 9.99. The minimum atomic E-state index is -0.498. The lowest BCUT2D eigenvalue weighted by Crippen LogP contribution is -2.35. The Hall–Kier alpha value is -1.09. The van der Waals surface area contributed by atoms with E-state index in [1.165, 1.54) is 6.07 Å². The highest BCUT2D eigenvalue weighted by atomic mass is 19.1. The molecule has 0 spiro atoms. The van der Waals surface area contributed by atoms with Crippen molar-refractivity contribution in [2.24, 2.45) is 0 Å². The number of hydrogen-bond acceptors (Lipinski definition) is 2. The lowest BCUT2D eigenvalue weighted by molar-refractivity contribution is 0.234. The van der Waals surface area contributed by atoms with Gasteiger partial charge in [0, 0.05) is 0 Å². The number of aliphatic hydroxyl groups excluding tert-OH is 1. The standard InChI is InChI=1S/C10H14FNO/c1-10(2,7-13)12-9-6-4-3-5-8(9)11/h3-6,12-13H,7H2,1-2H3. The Bertz CT molecular complexity index is 286. The normalized spacial score (nSPS) is 11.4. The summed E-state index contributed by atoms with van der Waals surface area (Å²) in [5.74, 6) is -0.302. The largest absolute Gasteiger partial charge is 0.394 e. The first-order chi connectivity index (χ1) is 6.05. The fourth-order valence-corrected chi connectivity index (χ4v) is 0.967. The molecule has 2 N–H and O–H groups in total. The van der Waals surface area contributed by atoms with Gasteiger partial charge >= 0.3 is 0 Å². The van der Waals surface area contributed by atoms with Crippen molar-refractivity contribution in [2.75, 3.05) is 11.9 Å². The number of para-hydroxylation sites is 1. The molecule has 0 aliphatic carbocycles. The lowest BCUT2D eigenvalue weighted by Gasteiger charge is -2.25. The van der Waals surface area contributed by atoms with E-state index < -0.39 is 5.54 Å². The first-order valence-corrected chi connectivity index (χ1v) is 4.19. The predicted molar refractivity (Wildman–Crippen MR) is 51.2 cm³/mol. The third-order valence-corrected chi connectivity index (χ3v) is 1.74. The number of rotatable bonds is 3. The van der Waals surface area contributed by atoms with Crippen LogP contribution in [-0.4, -0.2) is 17.3 Å². The van der Waals surface area contributed by atoms with Crippen molar-refractivity contribution in [3.8, 4) is 0 Å². The minimum absolute atomic E-state index is 0.0403. The van der Waals surface area contributed by atoms with Gasteiger partial charge in [-0.1, -0.05) is 12.1 Å². The number of halogens is 1. The van der Waals surface area contributed by atoms with Crippen LogP contribution < -0.4 is 5.32 Å². The van der Waals surface area contributed by atoms with E-state index in [9.17, 15) is 4.39 Å². The van der Waals surface area contributed by atoms with Crippen LogP contribution in [0.15, 0.2) is 24.3 Å². The van der Waals surface area contributed by atoms with Gasteiger partial charge in [0.1, 0.15) is 5.82 Å². The second kappa shape index (κ2) is 3.75. The van der Waals surface area contributed by atoms with E-state index in [-0.39, 0.29) is 12.4 Å². The van der Waals surface area contributed by atoms with E-state index >= 15 is 0 Å². The Morgan fingerprint density at radius 1 is 1.38 bits per heavy atom. The molecule has 0 heterocycles. The van der Waals surface area contributed by atoms with Crippen molar-refractivity contribution in [1.82, 2.24) is 0 Å². The number of aliphatic hydroxyl groups is 1. The van der Waals surface area contributed by atoms with E-state index in [1.807, 2.05) is 0 Å². The van der Waals surface area contributed by atoms with Crippen LogP contribution in [0, 0.1) is 5.82 Å². The van der Waals surface area contributed by atoms with Crippen LogP contribution in [-0.2, 0) is 0 Å². The molecular formula is C10H14FNO. The van der Waals surface area contributed by atoms with E-state index in [0.29, 0.717) is 5.69 Å². The number of anilines is 1. The summed E-state index contributed by atoms with van der Waals surface area (Å²) in [5, 5.41) is 11.9. The molecule has 0 saturated heterocycles. The summed E-state index contributed by atoms with van der Waals surface area (Å²) in [6.07, 6.45) is 0. The van der Waals surface area contributed by atoms with Crippen LogP contribution in [0.25, 0.3) is 0 Å². The second-order valence-electron chi connectivity index (χ2n) is 3.65. The van der Waals surface area contributed by atoms with Crippen LogP contribution >= 0.6 is 0 Å². The van der Waals surface area contributed by atoms with Gasteiger partial charge in [0.15, 0.2) is 0 Å². The molecule has 13 heavy (non-hydrogen) atoms. The Balaban J connectivity index is 2.80. The summed E-state index contributed by atoms with van der Waals surface area (Å²) in [5.41, 5.74) is -0.0797. The highest BCUT2D eigenvalue weighted by Crippen LogP contribution is 2.17. The fourth-order valence-electron chi connectivity index (χ4n) is 0.967. The zero-order chi connectivity index (χ0) is 9.90. The maximum Gasteiger partial charge on any atom is 0.146 e. The van der Waals surface area contributed by atoms with E-state index in [4.69, 9.17) is 5.11 Å². The Kier molecular flexibility index (Phi) is 2.88. The van der Waals surface area contributed by atoms with Crippen LogP contribution in [0.1, 0.15) is 13.8 Å². The molecule has 1 aromatic rings.